The summed E-state index contributed by atoms with van der Waals surface area (Å²) >= 11 is 0. The van der Waals surface area contributed by atoms with Crippen LogP contribution in [-0.2, 0) is 17.7 Å². The second kappa shape index (κ2) is 9.34. The molecule has 4 rings (SSSR count). The fraction of sp³-hybridized carbons (Fsp3) is 0.320. The van der Waals surface area contributed by atoms with Crippen LogP contribution in [0.5, 0.6) is 0 Å². The second-order valence-corrected chi connectivity index (χ2v) is 8.43. The van der Waals surface area contributed by atoms with Gasteiger partial charge in [0.25, 0.3) is 17.4 Å². The van der Waals surface area contributed by atoms with Crippen LogP contribution in [0.1, 0.15) is 30.0 Å². The number of alkyl halides is 2. The number of morpholine rings is 1. The highest BCUT2D eigenvalue weighted by Crippen LogP contribution is 2.29. The van der Waals surface area contributed by atoms with E-state index in [1.54, 1.807) is 29.9 Å². The van der Waals surface area contributed by atoms with Gasteiger partial charge in [-0.15, -0.1) is 0 Å². The number of carbonyl (C=O) groups excluding carboxylic acids is 1. The van der Waals surface area contributed by atoms with Crippen LogP contribution in [0.25, 0.3) is 11.1 Å². The van der Waals surface area contributed by atoms with Gasteiger partial charge in [-0.25, -0.2) is 8.78 Å². The summed E-state index contributed by atoms with van der Waals surface area (Å²) in [6, 6.07) is 9.53. The summed E-state index contributed by atoms with van der Waals surface area (Å²) in [6.45, 7) is 5.11. The molecule has 7 nitrogen and oxygen atoms in total. The molecule has 1 N–H and O–H groups in total. The molecular weight excluding hydrogens is 442 g/mol. The number of benzene rings is 1. The number of halogens is 2. The summed E-state index contributed by atoms with van der Waals surface area (Å²) in [5, 5.41) is 2.74. The Bertz CT molecular complexity index is 1280. The number of aromatic nitrogens is 2. The Morgan fingerprint density at radius 2 is 1.91 bits per heavy atom. The molecule has 1 amide bonds. The first kappa shape index (κ1) is 23.6. The molecule has 3 heterocycles. The van der Waals surface area contributed by atoms with Gasteiger partial charge in [-0.05, 0) is 48.4 Å². The van der Waals surface area contributed by atoms with Crippen molar-refractivity contribution in [3.63, 3.8) is 0 Å². The van der Waals surface area contributed by atoms with E-state index < -0.39 is 11.8 Å². The van der Waals surface area contributed by atoms with Crippen molar-refractivity contribution in [2.45, 2.75) is 19.8 Å². The molecule has 9 heteroatoms. The lowest BCUT2D eigenvalue weighted by atomic mass is 10.0. The van der Waals surface area contributed by atoms with Gasteiger partial charge in [0, 0.05) is 57.7 Å². The Labute approximate surface area is 197 Å². The van der Waals surface area contributed by atoms with E-state index >= 15 is 0 Å². The van der Waals surface area contributed by atoms with Gasteiger partial charge in [-0.1, -0.05) is 6.07 Å². The van der Waals surface area contributed by atoms with Gasteiger partial charge < -0.3 is 19.5 Å². The predicted molar refractivity (Wildman–Crippen MR) is 129 cm³/mol. The van der Waals surface area contributed by atoms with Gasteiger partial charge in [-0.3, -0.25) is 14.6 Å². The summed E-state index contributed by atoms with van der Waals surface area (Å²) in [4.78, 5) is 31.4. The Kier molecular flexibility index (Phi) is 6.47. The first-order valence-electron chi connectivity index (χ1n) is 10.9. The number of nitrogens with zero attached hydrogens (tertiary/aromatic N) is 3. The van der Waals surface area contributed by atoms with E-state index in [1.807, 2.05) is 24.0 Å². The number of hydrogen-bond donors (Lipinski definition) is 1. The van der Waals surface area contributed by atoms with E-state index in [0.29, 0.717) is 37.7 Å². The largest absolute Gasteiger partial charge is 0.378 e. The zero-order chi connectivity index (χ0) is 24.5. The van der Waals surface area contributed by atoms with Crippen LogP contribution in [0, 0.1) is 6.92 Å². The summed E-state index contributed by atoms with van der Waals surface area (Å²) in [6.07, 6.45) is 2.95. The molecule has 0 spiro atoms. The number of carbonyl (C=O) groups is 1. The summed E-state index contributed by atoms with van der Waals surface area (Å²) in [5.74, 6) is -3.66. The van der Waals surface area contributed by atoms with Crippen molar-refractivity contribution >= 4 is 17.3 Å². The first-order chi connectivity index (χ1) is 16.1. The molecule has 1 saturated heterocycles. The molecule has 180 valence electrons. The van der Waals surface area contributed by atoms with Crippen LogP contribution >= 0.6 is 0 Å². The molecule has 3 aromatic rings. The molecule has 34 heavy (non-hydrogen) atoms. The van der Waals surface area contributed by atoms with Gasteiger partial charge in [0.15, 0.2) is 0 Å². The third-order valence-electron chi connectivity index (χ3n) is 5.82. The molecule has 1 aliphatic rings. The topological polar surface area (TPSA) is 76.5 Å². The van der Waals surface area contributed by atoms with Gasteiger partial charge in [0.1, 0.15) is 11.4 Å². The molecule has 0 radical (unpaired) electrons. The number of hydrogen-bond acceptors (Lipinski definition) is 5. The third kappa shape index (κ3) is 4.99. The van der Waals surface area contributed by atoms with Crippen molar-refractivity contribution in [3.05, 3.63) is 76.0 Å². The quantitative estimate of drug-likeness (QED) is 0.605. The van der Waals surface area contributed by atoms with Crippen LogP contribution in [-0.4, -0.2) is 41.8 Å². The molecule has 0 bridgehead atoms. The zero-order valence-electron chi connectivity index (χ0n) is 19.3. The first-order valence-corrected chi connectivity index (χ1v) is 10.9. The average molecular weight is 471 g/mol. The van der Waals surface area contributed by atoms with E-state index in [2.05, 4.69) is 10.3 Å². The standard InChI is InChI=1S/C25H26F2N4O3.H2/c1-16-4-5-19(29-23(32)21-13-18(6-7-28-21)25(2,26)27)14-20(16)17-12-22(24(33)30(3)15-17)31-8-10-34-11-9-31;/h4-7,12-15H,8-11H2,1-3H3,(H,29,32);1H. The maximum Gasteiger partial charge on any atom is 0.274 e. The highest BCUT2D eigenvalue weighted by molar-refractivity contribution is 6.03. The van der Waals surface area contributed by atoms with Crippen molar-refractivity contribution in [1.29, 1.82) is 0 Å². The summed E-state index contributed by atoms with van der Waals surface area (Å²) < 4.78 is 34.2. The van der Waals surface area contributed by atoms with Crippen molar-refractivity contribution in [3.8, 4) is 11.1 Å². The Balaban J connectivity index is 0.00000342. The zero-order valence-corrected chi connectivity index (χ0v) is 19.3. The predicted octanol–water partition coefficient (Wildman–Crippen LogP) is 4.20. The van der Waals surface area contributed by atoms with E-state index in [0.717, 1.165) is 29.7 Å². The van der Waals surface area contributed by atoms with Crippen LogP contribution in [0.4, 0.5) is 20.2 Å². The van der Waals surface area contributed by atoms with E-state index in [9.17, 15) is 18.4 Å². The summed E-state index contributed by atoms with van der Waals surface area (Å²) in [7, 11) is 1.71. The van der Waals surface area contributed by atoms with Crippen molar-refractivity contribution < 1.29 is 19.7 Å². The molecule has 0 atom stereocenters. The van der Waals surface area contributed by atoms with Crippen molar-refractivity contribution in [1.82, 2.24) is 9.55 Å². The molecule has 0 saturated carbocycles. The van der Waals surface area contributed by atoms with Gasteiger partial charge in [0.05, 0.1) is 13.2 Å². The summed E-state index contributed by atoms with van der Waals surface area (Å²) in [5.41, 5.74) is 3.23. The van der Waals surface area contributed by atoms with Crippen LogP contribution in [0.15, 0.2) is 53.6 Å². The van der Waals surface area contributed by atoms with Gasteiger partial charge >= 0.3 is 0 Å². The third-order valence-corrected chi connectivity index (χ3v) is 5.82. The highest BCUT2D eigenvalue weighted by atomic mass is 19.3. The highest BCUT2D eigenvalue weighted by Gasteiger charge is 2.25. The fourth-order valence-electron chi connectivity index (χ4n) is 3.91. The smallest absolute Gasteiger partial charge is 0.274 e. The minimum absolute atomic E-state index is 0. The van der Waals surface area contributed by atoms with Crippen LogP contribution in [0.3, 0.4) is 0 Å². The molecular formula is C25H28F2N4O3. The number of anilines is 2. The maximum atomic E-state index is 13.6. The minimum Gasteiger partial charge on any atom is -0.378 e. The van der Waals surface area contributed by atoms with Crippen LogP contribution < -0.4 is 15.8 Å². The Morgan fingerprint density at radius 1 is 1.18 bits per heavy atom. The number of aryl methyl sites for hydroxylation is 2. The lowest BCUT2D eigenvalue weighted by Crippen LogP contribution is -2.40. The Morgan fingerprint density at radius 3 is 2.62 bits per heavy atom. The fourth-order valence-corrected chi connectivity index (χ4v) is 3.91. The number of nitrogens with one attached hydrogen (secondary N) is 1. The second-order valence-electron chi connectivity index (χ2n) is 8.43. The van der Waals surface area contributed by atoms with E-state index in [4.69, 9.17) is 4.74 Å². The molecule has 1 aromatic carbocycles. The van der Waals surface area contributed by atoms with Gasteiger partial charge in [0.2, 0.25) is 0 Å². The molecule has 2 aromatic heterocycles. The molecule has 1 fully saturated rings. The monoisotopic (exact) mass is 470 g/mol. The number of amides is 1. The molecule has 1 aliphatic heterocycles. The van der Waals surface area contributed by atoms with E-state index in [1.165, 1.54) is 12.3 Å². The normalized spacial score (nSPS) is 14.2. The lowest BCUT2D eigenvalue weighted by Gasteiger charge is -2.29. The number of ether oxygens (including phenoxy) is 1. The SMILES string of the molecule is Cc1ccc(NC(=O)c2cc(C(C)(F)F)ccn2)cc1-c1cc(N2CCOCC2)c(=O)n(C)c1.[HH]. The minimum atomic E-state index is -3.07. The average Bonchev–Trinajstić information content (AvgIpc) is 2.82. The van der Waals surface area contributed by atoms with Crippen LogP contribution in [0.2, 0.25) is 0 Å². The maximum absolute atomic E-state index is 13.6. The van der Waals surface area contributed by atoms with Crippen molar-refractivity contribution in [2.75, 3.05) is 36.5 Å². The van der Waals surface area contributed by atoms with Gasteiger partial charge in [-0.2, -0.15) is 0 Å². The molecule has 0 unspecified atom stereocenters. The molecule has 0 aliphatic carbocycles. The Hall–Kier alpha value is -3.59. The number of pyridine rings is 2. The van der Waals surface area contributed by atoms with Crippen molar-refractivity contribution in [2.24, 2.45) is 7.05 Å². The van der Waals surface area contributed by atoms with E-state index in [-0.39, 0.29) is 18.2 Å². The number of rotatable bonds is 5. The lowest BCUT2D eigenvalue weighted by molar-refractivity contribution is 0.0173.